The van der Waals surface area contributed by atoms with Gasteiger partial charge in [0.05, 0.1) is 10.0 Å². The summed E-state index contributed by atoms with van der Waals surface area (Å²) in [6.07, 6.45) is 0.710. The van der Waals surface area contributed by atoms with E-state index < -0.39 is 0 Å². The molecular weight excluding hydrogens is 253 g/mol. The van der Waals surface area contributed by atoms with Crippen molar-refractivity contribution in [3.8, 4) is 0 Å². The summed E-state index contributed by atoms with van der Waals surface area (Å²) in [5, 5.41) is 10.2. The molecule has 84 valence electrons. The van der Waals surface area contributed by atoms with E-state index in [1.807, 2.05) is 6.92 Å². The normalized spacial score (nSPS) is 12.8. The molecule has 3 N–H and O–H groups in total. The first-order chi connectivity index (χ1) is 7.04. The van der Waals surface area contributed by atoms with Crippen molar-refractivity contribution in [3.05, 3.63) is 22.2 Å². The largest absolute Gasteiger partial charge is 0.399 e. The minimum absolute atomic E-state index is 0.165. The molecule has 0 amide bonds. The van der Waals surface area contributed by atoms with Crippen molar-refractivity contribution in [1.82, 2.24) is 0 Å². The Balaban J connectivity index is 2.85. The molecule has 0 aliphatic heterocycles. The monoisotopic (exact) mass is 265 g/mol. The Labute approximate surface area is 104 Å². The third-order valence-corrected chi connectivity index (χ3v) is 4.01. The highest BCUT2D eigenvalue weighted by molar-refractivity contribution is 8.00. The van der Waals surface area contributed by atoms with E-state index in [0.29, 0.717) is 22.2 Å². The Hall–Kier alpha value is -0.0900. The lowest BCUT2D eigenvalue weighted by atomic mass is 10.3. The fourth-order valence-corrected chi connectivity index (χ4v) is 2.87. The van der Waals surface area contributed by atoms with E-state index in [2.05, 4.69) is 0 Å². The molecule has 0 aliphatic carbocycles. The summed E-state index contributed by atoms with van der Waals surface area (Å²) in [6.45, 7) is 2.18. The molecule has 0 aliphatic rings. The maximum atomic E-state index is 8.80. The molecule has 0 bridgehead atoms. The van der Waals surface area contributed by atoms with Gasteiger partial charge in [-0.3, -0.25) is 0 Å². The van der Waals surface area contributed by atoms with Crippen molar-refractivity contribution in [3.63, 3.8) is 0 Å². The van der Waals surface area contributed by atoms with Crippen LogP contribution in [-0.4, -0.2) is 17.0 Å². The first-order valence-corrected chi connectivity index (χ1v) is 6.20. The van der Waals surface area contributed by atoms with Crippen LogP contribution in [0.15, 0.2) is 17.0 Å². The fourth-order valence-electron chi connectivity index (χ4n) is 1.13. The van der Waals surface area contributed by atoms with Crippen LogP contribution < -0.4 is 5.73 Å². The van der Waals surface area contributed by atoms with Gasteiger partial charge in [-0.15, -0.1) is 11.8 Å². The number of rotatable bonds is 4. The zero-order valence-corrected chi connectivity index (χ0v) is 10.7. The van der Waals surface area contributed by atoms with Crippen LogP contribution in [0.2, 0.25) is 10.0 Å². The first-order valence-electron chi connectivity index (χ1n) is 4.56. The van der Waals surface area contributed by atoms with Gasteiger partial charge >= 0.3 is 0 Å². The van der Waals surface area contributed by atoms with E-state index in [9.17, 15) is 0 Å². The number of halogens is 2. The lowest BCUT2D eigenvalue weighted by Crippen LogP contribution is -1.99. The highest BCUT2D eigenvalue weighted by atomic mass is 35.5. The van der Waals surface area contributed by atoms with E-state index >= 15 is 0 Å². The Kier molecular flexibility index (Phi) is 5.06. The fraction of sp³-hybridized carbons (Fsp3) is 0.400. The predicted octanol–water partition coefficient (Wildman–Crippen LogP) is 3.44. The third-order valence-electron chi connectivity index (χ3n) is 1.88. The topological polar surface area (TPSA) is 46.2 Å². The Morgan fingerprint density at radius 2 is 1.93 bits per heavy atom. The Morgan fingerprint density at radius 3 is 2.40 bits per heavy atom. The molecule has 0 aromatic heterocycles. The van der Waals surface area contributed by atoms with E-state index in [4.69, 9.17) is 34.0 Å². The predicted molar refractivity (Wildman–Crippen MR) is 67.9 cm³/mol. The molecule has 1 atom stereocenters. The Morgan fingerprint density at radius 1 is 1.40 bits per heavy atom. The molecule has 0 radical (unpaired) electrons. The molecule has 1 rings (SSSR count). The van der Waals surface area contributed by atoms with Crippen LogP contribution >= 0.6 is 35.0 Å². The summed E-state index contributed by atoms with van der Waals surface area (Å²) in [5.74, 6) is 0. The maximum absolute atomic E-state index is 8.80. The van der Waals surface area contributed by atoms with Crippen molar-refractivity contribution in [2.24, 2.45) is 0 Å². The zero-order chi connectivity index (χ0) is 11.4. The molecule has 1 aromatic rings. The number of aliphatic hydroxyl groups excluding tert-OH is 1. The number of benzene rings is 1. The summed E-state index contributed by atoms with van der Waals surface area (Å²) in [6, 6.07) is 3.36. The number of hydrogen-bond acceptors (Lipinski definition) is 3. The van der Waals surface area contributed by atoms with Crippen LogP contribution in [-0.2, 0) is 0 Å². The highest BCUT2D eigenvalue weighted by Crippen LogP contribution is 2.38. The summed E-state index contributed by atoms with van der Waals surface area (Å²) >= 11 is 13.6. The van der Waals surface area contributed by atoms with Gasteiger partial charge in [0.2, 0.25) is 0 Å². The quantitative estimate of drug-likeness (QED) is 0.648. The number of hydrogen-bond donors (Lipinski definition) is 2. The number of anilines is 1. The van der Waals surface area contributed by atoms with Crippen molar-refractivity contribution < 1.29 is 5.11 Å². The summed E-state index contributed by atoms with van der Waals surface area (Å²) in [7, 11) is 0. The van der Waals surface area contributed by atoms with Gasteiger partial charge in [-0.2, -0.15) is 0 Å². The van der Waals surface area contributed by atoms with Crippen LogP contribution in [0.5, 0.6) is 0 Å². The first kappa shape index (κ1) is 13.0. The van der Waals surface area contributed by atoms with Gasteiger partial charge in [0.25, 0.3) is 0 Å². The lowest BCUT2D eigenvalue weighted by Gasteiger charge is -2.12. The van der Waals surface area contributed by atoms with E-state index in [-0.39, 0.29) is 11.9 Å². The van der Waals surface area contributed by atoms with Gasteiger partial charge in [0.1, 0.15) is 0 Å². The van der Waals surface area contributed by atoms with Crippen LogP contribution in [0.1, 0.15) is 13.3 Å². The summed E-state index contributed by atoms with van der Waals surface area (Å²) in [4.78, 5) is 0.827. The number of nitrogens with two attached hydrogens (primary N) is 1. The average Bonchev–Trinajstić information content (AvgIpc) is 2.11. The molecule has 0 heterocycles. The molecule has 0 fully saturated rings. The van der Waals surface area contributed by atoms with Crippen LogP contribution in [0.3, 0.4) is 0 Å². The van der Waals surface area contributed by atoms with Gasteiger partial charge in [-0.1, -0.05) is 30.1 Å². The standard InChI is InChI=1S/C10H13Cl2NOS/c1-6(2-3-14)15-10-8(11)4-7(13)5-9(10)12/h4-6,14H,2-3,13H2,1H3. The zero-order valence-electron chi connectivity index (χ0n) is 8.34. The van der Waals surface area contributed by atoms with Crippen molar-refractivity contribution in [2.45, 2.75) is 23.5 Å². The molecule has 0 spiro atoms. The second-order valence-electron chi connectivity index (χ2n) is 3.25. The third kappa shape index (κ3) is 3.76. The number of thioether (sulfide) groups is 1. The molecule has 1 aromatic carbocycles. The minimum Gasteiger partial charge on any atom is -0.399 e. The van der Waals surface area contributed by atoms with Crippen LogP contribution in [0, 0.1) is 0 Å². The molecule has 5 heteroatoms. The van der Waals surface area contributed by atoms with E-state index in [1.165, 1.54) is 0 Å². The second-order valence-corrected chi connectivity index (χ2v) is 5.52. The second kappa shape index (κ2) is 5.85. The molecule has 0 saturated heterocycles. The van der Waals surface area contributed by atoms with Crippen molar-refractivity contribution in [1.29, 1.82) is 0 Å². The lowest BCUT2D eigenvalue weighted by molar-refractivity contribution is 0.289. The van der Waals surface area contributed by atoms with Crippen LogP contribution in [0.25, 0.3) is 0 Å². The van der Waals surface area contributed by atoms with Crippen molar-refractivity contribution in [2.75, 3.05) is 12.3 Å². The minimum atomic E-state index is 0.165. The van der Waals surface area contributed by atoms with Gasteiger partial charge in [0.15, 0.2) is 0 Å². The van der Waals surface area contributed by atoms with E-state index in [0.717, 1.165) is 4.90 Å². The Bertz CT molecular complexity index is 323. The number of nitrogen functional groups attached to an aromatic ring is 1. The summed E-state index contributed by atoms with van der Waals surface area (Å²) in [5.41, 5.74) is 6.16. The smallest absolute Gasteiger partial charge is 0.0577 e. The molecule has 1 unspecified atom stereocenters. The highest BCUT2D eigenvalue weighted by Gasteiger charge is 2.11. The van der Waals surface area contributed by atoms with Gasteiger partial charge in [-0.05, 0) is 18.6 Å². The van der Waals surface area contributed by atoms with Crippen LogP contribution in [0.4, 0.5) is 5.69 Å². The molecule has 2 nitrogen and oxygen atoms in total. The molecule has 0 saturated carbocycles. The van der Waals surface area contributed by atoms with Gasteiger partial charge < -0.3 is 10.8 Å². The molecular formula is C10H13Cl2NOS. The van der Waals surface area contributed by atoms with E-state index in [1.54, 1.807) is 23.9 Å². The summed E-state index contributed by atoms with van der Waals surface area (Å²) < 4.78 is 0. The number of aliphatic hydroxyl groups is 1. The average molecular weight is 266 g/mol. The van der Waals surface area contributed by atoms with Gasteiger partial charge in [-0.25, -0.2) is 0 Å². The SMILES string of the molecule is CC(CCO)Sc1c(Cl)cc(N)cc1Cl. The van der Waals surface area contributed by atoms with Gasteiger partial charge in [0, 0.05) is 22.4 Å². The maximum Gasteiger partial charge on any atom is 0.0577 e. The van der Waals surface area contributed by atoms with Crippen molar-refractivity contribution >= 4 is 40.7 Å². The molecule has 15 heavy (non-hydrogen) atoms.